The van der Waals surface area contributed by atoms with Gasteiger partial charge in [-0.3, -0.25) is 5.32 Å². The van der Waals surface area contributed by atoms with Crippen LogP contribution in [0.1, 0.15) is 34.7 Å². The van der Waals surface area contributed by atoms with E-state index in [9.17, 15) is 0 Å². The van der Waals surface area contributed by atoms with Crippen LogP contribution < -0.4 is 16.0 Å². The van der Waals surface area contributed by atoms with Gasteiger partial charge in [-0.2, -0.15) is 0 Å². The number of allylic oxidation sites excluding steroid dienone is 1. The Hall–Kier alpha value is -6.10. The summed E-state index contributed by atoms with van der Waals surface area (Å²) in [4.78, 5) is 0. The first kappa shape index (κ1) is 28.9. The molecule has 2 unspecified atom stereocenters. The molecule has 2 atom stereocenters. The molecular weight excluding hydrogens is 611 g/mol. The number of fused-ring (bicyclic) bond motifs is 6. The number of furan rings is 1. The summed E-state index contributed by atoms with van der Waals surface area (Å²) in [6, 6.07) is 52.3. The molecule has 2 aliphatic rings. The Bertz CT molecular complexity index is 2600. The quantitative estimate of drug-likeness (QED) is 0.174. The zero-order chi connectivity index (χ0) is 33.0. The predicted octanol–water partition coefficient (Wildman–Crippen LogP) is 11.5. The number of anilines is 2. The van der Waals surface area contributed by atoms with Gasteiger partial charge >= 0.3 is 0 Å². The Kier molecular flexibility index (Phi) is 6.81. The molecule has 240 valence electrons. The van der Waals surface area contributed by atoms with Crippen LogP contribution in [0.25, 0.3) is 61.0 Å². The predicted molar refractivity (Wildman–Crippen MR) is 208 cm³/mol. The SMILES string of the molecule is C1=Cc2cc(-c3ccc(-c4c(NC5Nc6ccccc6C(c6ccc7ccccc7c6)N5)ccc5c4oc4ccccc45)cc3)ccc2CC1. The molecule has 1 aliphatic heterocycles. The van der Waals surface area contributed by atoms with Crippen molar-refractivity contribution >= 4 is 50.2 Å². The molecule has 0 saturated carbocycles. The normalized spacial score (nSPS) is 16.6. The van der Waals surface area contributed by atoms with Gasteiger partial charge < -0.3 is 15.1 Å². The van der Waals surface area contributed by atoms with E-state index in [1.54, 1.807) is 0 Å². The lowest BCUT2D eigenvalue weighted by Crippen LogP contribution is -2.48. The molecule has 0 bridgehead atoms. The fraction of sp³-hybridized carbons (Fsp3) is 0.0870. The zero-order valence-corrected chi connectivity index (χ0v) is 27.5. The number of nitrogens with one attached hydrogen (secondary N) is 3. The van der Waals surface area contributed by atoms with E-state index < -0.39 is 0 Å². The van der Waals surface area contributed by atoms with Gasteiger partial charge in [0.1, 0.15) is 11.2 Å². The first-order valence-electron chi connectivity index (χ1n) is 17.5. The fourth-order valence-corrected chi connectivity index (χ4v) is 7.86. The summed E-state index contributed by atoms with van der Waals surface area (Å²) >= 11 is 0. The van der Waals surface area contributed by atoms with Crippen molar-refractivity contribution in [2.45, 2.75) is 25.2 Å². The third-order valence-corrected chi connectivity index (χ3v) is 10.4. The van der Waals surface area contributed by atoms with Gasteiger partial charge in [0.05, 0.1) is 6.04 Å². The topological polar surface area (TPSA) is 49.2 Å². The van der Waals surface area contributed by atoms with Crippen LogP contribution in [-0.2, 0) is 6.42 Å². The largest absolute Gasteiger partial charge is 0.455 e. The molecule has 0 radical (unpaired) electrons. The minimum absolute atomic E-state index is 0.00122. The maximum Gasteiger partial charge on any atom is 0.153 e. The van der Waals surface area contributed by atoms with Crippen molar-refractivity contribution in [1.82, 2.24) is 5.32 Å². The summed E-state index contributed by atoms with van der Waals surface area (Å²) in [5.41, 5.74) is 13.6. The van der Waals surface area contributed by atoms with Crippen LogP contribution in [-0.4, -0.2) is 6.29 Å². The molecular formula is C46H35N3O. The van der Waals surface area contributed by atoms with Gasteiger partial charge in [-0.05, 0) is 99.0 Å². The van der Waals surface area contributed by atoms with Gasteiger partial charge in [0.2, 0.25) is 0 Å². The molecule has 10 rings (SSSR count). The highest BCUT2D eigenvalue weighted by Gasteiger charge is 2.28. The summed E-state index contributed by atoms with van der Waals surface area (Å²) in [6.07, 6.45) is 6.52. The van der Waals surface area contributed by atoms with Crippen molar-refractivity contribution in [3.63, 3.8) is 0 Å². The van der Waals surface area contributed by atoms with Crippen LogP contribution in [0.5, 0.6) is 0 Å². The summed E-state index contributed by atoms with van der Waals surface area (Å²) < 4.78 is 6.64. The number of hydrogen-bond acceptors (Lipinski definition) is 4. The minimum Gasteiger partial charge on any atom is -0.455 e. The molecule has 3 N–H and O–H groups in total. The Morgan fingerprint density at radius 2 is 1.44 bits per heavy atom. The van der Waals surface area contributed by atoms with Crippen molar-refractivity contribution < 1.29 is 4.42 Å². The average molecular weight is 646 g/mol. The Labute approximate surface area is 291 Å². The van der Waals surface area contributed by atoms with Crippen molar-refractivity contribution in [2.75, 3.05) is 10.6 Å². The fourth-order valence-electron chi connectivity index (χ4n) is 7.86. The second-order valence-corrected chi connectivity index (χ2v) is 13.4. The number of hydrogen-bond donors (Lipinski definition) is 3. The smallest absolute Gasteiger partial charge is 0.153 e. The van der Waals surface area contributed by atoms with Gasteiger partial charge in [-0.1, -0.05) is 121 Å². The summed E-state index contributed by atoms with van der Waals surface area (Å²) in [5, 5.41) is 16.2. The standard InChI is InChI=1S/C46H35N3O/c1-3-11-33-27-35(23-19-29(33)9-1)31-17-21-32(22-18-31)43-41(26-25-38-37-13-6-8-16-42(37)50-45(38)43)48-46-47-40-15-7-5-14-39(40)44(49-46)36-24-20-30-10-2-4-12-34(30)28-36/h2-8,10-28,44,46-49H,1,9H2. The molecule has 0 saturated heterocycles. The van der Waals surface area contributed by atoms with Crippen molar-refractivity contribution in [1.29, 1.82) is 0 Å². The van der Waals surface area contributed by atoms with Crippen LogP contribution in [0, 0.1) is 0 Å². The average Bonchev–Trinajstić information content (AvgIpc) is 3.56. The third-order valence-electron chi connectivity index (χ3n) is 10.4. The summed E-state index contributed by atoms with van der Waals surface area (Å²) in [6.45, 7) is 0. The Morgan fingerprint density at radius 1 is 0.640 bits per heavy atom. The third kappa shape index (κ3) is 4.96. The molecule has 2 heterocycles. The van der Waals surface area contributed by atoms with E-state index in [4.69, 9.17) is 4.42 Å². The van der Waals surface area contributed by atoms with Crippen molar-refractivity contribution in [3.8, 4) is 22.3 Å². The van der Waals surface area contributed by atoms with Crippen LogP contribution >= 0.6 is 0 Å². The molecule has 0 amide bonds. The highest BCUT2D eigenvalue weighted by atomic mass is 16.3. The van der Waals surface area contributed by atoms with E-state index >= 15 is 0 Å². The molecule has 4 heteroatoms. The monoisotopic (exact) mass is 645 g/mol. The van der Waals surface area contributed by atoms with Crippen LogP contribution in [0.15, 0.2) is 156 Å². The van der Waals surface area contributed by atoms with Gasteiger partial charge in [-0.25, -0.2) is 0 Å². The molecule has 4 nitrogen and oxygen atoms in total. The summed E-state index contributed by atoms with van der Waals surface area (Å²) in [5.74, 6) is 0. The molecule has 1 aliphatic carbocycles. The maximum absolute atomic E-state index is 6.64. The number of benzene rings is 7. The van der Waals surface area contributed by atoms with Crippen LogP contribution in [0.3, 0.4) is 0 Å². The molecule has 7 aromatic carbocycles. The second kappa shape index (κ2) is 11.8. The maximum atomic E-state index is 6.64. The van der Waals surface area contributed by atoms with E-state index in [0.29, 0.717) is 0 Å². The van der Waals surface area contributed by atoms with Crippen molar-refractivity contribution in [3.05, 3.63) is 174 Å². The highest BCUT2D eigenvalue weighted by molar-refractivity contribution is 6.12. The first-order chi connectivity index (χ1) is 24.7. The molecule has 1 aromatic heterocycles. The van der Waals surface area contributed by atoms with Crippen molar-refractivity contribution in [2.24, 2.45) is 0 Å². The Morgan fingerprint density at radius 3 is 2.38 bits per heavy atom. The number of aryl methyl sites for hydroxylation is 1. The van der Waals surface area contributed by atoms with E-state index in [1.165, 1.54) is 44.2 Å². The molecule has 50 heavy (non-hydrogen) atoms. The van der Waals surface area contributed by atoms with Gasteiger partial charge in [-0.15, -0.1) is 0 Å². The van der Waals surface area contributed by atoms with E-state index in [2.05, 4.69) is 168 Å². The van der Waals surface area contributed by atoms with Gasteiger partial charge in [0.25, 0.3) is 0 Å². The van der Waals surface area contributed by atoms with E-state index in [0.717, 1.165) is 57.3 Å². The molecule has 8 aromatic rings. The van der Waals surface area contributed by atoms with Gasteiger partial charge in [0.15, 0.2) is 6.29 Å². The van der Waals surface area contributed by atoms with Crippen LogP contribution in [0.4, 0.5) is 11.4 Å². The van der Waals surface area contributed by atoms with E-state index in [-0.39, 0.29) is 12.3 Å². The zero-order valence-electron chi connectivity index (χ0n) is 27.5. The second-order valence-electron chi connectivity index (χ2n) is 13.4. The van der Waals surface area contributed by atoms with Crippen LogP contribution in [0.2, 0.25) is 0 Å². The first-order valence-corrected chi connectivity index (χ1v) is 17.5. The Balaban J connectivity index is 1.05. The lowest BCUT2D eigenvalue weighted by molar-refractivity contribution is 0.527. The lowest BCUT2D eigenvalue weighted by atomic mass is 9.92. The van der Waals surface area contributed by atoms with Gasteiger partial charge in [0, 0.05) is 27.7 Å². The lowest BCUT2D eigenvalue weighted by Gasteiger charge is -2.36. The minimum atomic E-state index is -0.246. The molecule has 0 fully saturated rings. The number of para-hydroxylation sites is 2. The van der Waals surface area contributed by atoms with E-state index in [1.807, 2.05) is 6.07 Å². The summed E-state index contributed by atoms with van der Waals surface area (Å²) in [7, 11) is 0. The highest BCUT2D eigenvalue weighted by Crippen LogP contribution is 2.42. The number of rotatable bonds is 5. The molecule has 0 spiro atoms.